The van der Waals surface area contributed by atoms with E-state index < -0.39 is 29.2 Å². The summed E-state index contributed by atoms with van der Waals surface area (Å²) in [5.74, 6) is -1.75. The van der Waals surface area contributed by atoms with Crippen molar-refractivity contribution in [2.45, 2.75) is 32.7 Å². The van der Waals surface area contributed by atoms with Crippen LogP contribution in [-0.2, 0) is 14.4 Å². The molecule has 0 aromatic rings. The van der Waals surface area contributed by atoms with Crippen molar-refractivity contribution >= 4 is 23.4 Å². The zero-order chi connectivity index (χ0) is 16.2. The summed E-state index contributed by atoms with van der Waals surface area (Å²) >= 11 is 0. The second-order valence-corrected chi connectivity index (χ2v) is 6.05. The molecule has 0 spiro atoms. The topological polar surface area (TPSA) is 119 Å². The van der Waals surface area contributed by atoms with E-state index >= 15 is 0 Å². The van der Waals surface area contributed by atoms with Crippen molar-refractivity contribution in [1.82, 2.24) is 4.90 Å². The number of hydrogen-bond acceptors (Lipinski definition) is 4. The number of rotatable bonds is 2. The minimum absolute atomic E-state index is 0.0582. The standard InChI is InChI=1S/C15H18N4O3/c1-7-10(11(16)20)18-12-9-3-5-15(6-4-9,14(17)22)8(2)19(12)13(7)21/h3,5,7-8H,4,6H2,1-2H3,(H2,16,20)(H2,17,22). The predicted octanol–water partition coefficient (Wildman–Crippen LogP) is -0.174. The van der Waals surface area contributed by atoms with Crippen LogP contribution < -0.4 is 11.5 Å². The number of aliphatic imine (C=N–C) groups is 1. The van der Waals surface area contributed by atoms with Gasteiger partial charge >= 0.3 is 0 Å². The fraction of sp³-hybridized carbons (Fsp3) is 0.467. The van der Waals surface area contributed by atoms with Gasteiger partial charge in [-0.3, -0.25) is 19.3 Å². The van der Waals surface area contributed by atoms with E-state index in [0.29, 0.717) is 18.7 Å². The van der Waals surface area contributed by atoms with Crippen LogP contribution in [0.4, 0.5) is 0 Å². The van der Waals surface area contributed by atoms with E-state index in [9.17, 15) is 14.4 Å². The summed E-state index contributed by atoms with van der Waals surface area (Å²) in [4.78, 5) is 42.2. The lowest BCUT2D eigenvalue weighted by molar-refractivity contribution is -0.138. The maximum atomic E-state index is 12.7. The van der Waals surface area contributed by atoms with Crippen LogP contribution in [-0.4, -0.2) is 34.4 Å². The Morgan fingerprint density at radius 1 is 1.36 bits per heavy atom. The van der Waals surface area contributed by atoms with Gasteiger partial charge in [0.1, 0.15) is 11.5 Å². The number of primary amides is 2. The second kappa shape index (κ2) is 4.53. The molecule has 116 valence electrons. The summed E-state index contributed by atoms with van der Waals surface area (Å²) < 4.78 is 0. The molecule has 3 heterocycles. The molecule has 3 unspecified atom stereocenters. The fourth-order valence-corrected chi connectivity index (χ4v) is 3.50. The Kier molecular flexibility index (Phi) is 2.98. The van der Waals surface area contributed by atoms with Gasteiger partial charge in [-0.2, -0.15) is 0 Å². The van der Waals surface area contributed by atoms with Gasteiger partial charge in [0.15, 0.2) is 0 Å². The van der Waals surface area contributed by atoms with Gasteiger partial charge in [-0.25, -0.2) is 4.99 Å². The molecule has 0 fully saturated rings. The first kappa shape index (κ1) is 14.5. The third-order valence-corrected chi connectivity index (χ3v) is 4.99. The van der Waals surface area contributed by atoms with Gasteiger partial charge in [0.2, 0.25) is 11.8 Å². The van der Waals surface area contributed by atoms with Crippen molar-refractivity contribution in [3.8, 4) is 0 Å². The van der Waals surface area contributed by atoms with E-state index in [2.05, 4.69) is 4.99 Å². The first-order valence-electron chi connectivity index (χ1n) is 7.23. The van der Waals surface area contributed by atoms with Crippen LogP contribution in [0.2, 0.25) is 0 Å². The first-order chi connectivity index (χ1) is 10.3. The molecular formula is C15H18N4O3. The van der Waals surface area contributed by atoms with Crippen molar-refractivity contribution in [1.29, 1.82) is 0 Å². The maximum Gasteiger partial charge on any atom is 0.263 e. The number of carbonyl (C=O) groups is 3. The Morgan fingerprint density at radius 2 is 2.05 bits per heavy atom. The van der Waals surface area contributed by atoms with Crippen molar-refractivity contribution in [2.75, 3.05) is 0 Å². The van der Waals surface area contributed by atoms with Crippen LogP contribution in [0.15, 0.2) is 28.5 Å². The molecule has 0 saturated carbocycles. The third-order valence-electron chi connectivity index (χ3n) is 4.99. The Labute approximate surface area is 127 Å². The van der Waals surface area contributed by atoms with E-state index in [4.69, 9.17) is 11.5 Å². The molecule has 22 heavy (non-hydrogen) atoms. The molecule has 0 aromatic carbocycles. The third kappa shape index (κ3) is 1.68. The summed E-state index contributed by atoms with van der Waals surface area (Å²) in [7, 11) is 0. The molecule has 0 saturated heterocycles. The van der Waals surface area contributed by atoms with Gasteiger partial charge < -0.3 is 11.5 Å². The number of fused-ring (bicyclic) bond motifs is 1. The van der Waals surface area contributed by atoms with Gasteiger partial charge in [0, 0.05) is 0 Å². The summed E-state index contributed by atoms with van der Waals surface area (Å²) in [5.41, 5.74) is 10.9. The molecule has 0 aromatic heterocycles. The zero-order valence-corrected chi connectivity index (χ0v) is 12.5. The fourth-order valence-electron chi connectivity index (χ4n) is 3.50. The smallest absolute Gasteiger partial charge is 0.263 e. The van der Waals surface area contributed by atoms with Crippen molar-refractivity contribution in [2.24, 2.45) is 27.8 Å². The molecule has 3 atom stereocenters. The number of allylic oxidation sites excluding steroid dienone is 2. The lowest BCUT2D eigenvalue weighted by Crippen LogP contribution is -2.56. The number of carbonyl (C=O) groups excluding carboxylic acids is 3. The molecule has 2 bridgehead atoms. The van der Waals surface area contributed by atoms with Crippen LogP contribution in [0.5, 0.6) is 0 Å². The largest absolute Gasteiger partial charge is 0.369 e. The summed E-state index contributed by atoms with van der Waals surface area (Å²) in [6, 6.07) is -0.454. The monoisotopic (exact) mass is 302 g/mol. The summed E-state index contributed by atoms with van der Waals surface area (Å²) in [6.45, 7) is 3.38. The van der Waals surface area contributed by atoms with Crippen molar-refractivity contribution < 1.29 is 14.4 Å². The lowest BCUT2D eigenvalue weighted by Gasteiger charge is -2.41. The lowest BCUT2D eigenvalue weighted by atomic mass is 9.73. The van der Waals surface area contributed by atoms with Gasteiger partial charge in [-0.15, -0.1) is 0 Å². The quantitative estimate of drug-likeness (QED) is 0.736. The number of nitrogens with two attached hydrogens (primary N) is 2. The molecule has 4 N–H and O–H groups in total. The molecule has 7 heteroatoms. The van der Waals surface area contributed by atoms with Crippen LogP contribution in [0.1, 0.15) is 26.7 Å². The number of amides is 3. The molecule has 3 aliphatic heterocycles. The highest BCUT2D eigenvalue weighted by atomic mass is 16.2. The average molecular weight is 302 g/mol. The summed E-state index contributed by atoms with van der Waals surface area (Å²) in [6.07, 6.45) is 4.65. The van der Waals surface area contributed by atoms with E-state index in [1.807, 2.05) is 0 Å². The van der Waals surface area contributed by atoms with E-state index in [-0.39, 0.29) is 11.6 Å². The molecule has 4 rings (SSSR count). The molecular weight excluding hydrogens is 284 g/mol. The van der Waals surface area contributed by atoms with E-state index in [1.165, 1.54) is 4.90 Å². The van der Waals surface area contributed by atoms with Crippen LogP contribution in [0, 0.1) is 11.3 Å². The normalized spacial score (nSPS) is 33.5. The Balaban J connectivity index is 2.22. The average Bonchev–Trinajstić information content (AvgIpc) is 2.67. The highest BCUT2D eigenvalue weighted by Gasteiger charge is 2.51. The van der Waals surface area contributed by atoms with Crippen molar-refractivity contribution in [3.05, 3.63) is 23.5 Å². The molecule has 7 nitrogen and oxygen atoms in total. The van der Waals surface area contributed by atoms with Gasteiger partial charge in [0.05, 0.1) is 17.4 Å². The minimum atomic E-state index is -0.902. The van der Waals surface area contributed by atoms with Crippen LogP contribution >= 0.6 is 0 Å². The van der Waals surface area contributed by atoms with Crippen LogP contribution in [0.25, 0.3) is 0 Å². The number of hydrogen-bond donors (Lipinski definition) is 2. The van der Waals surface area contributed by atoms with Gasteiger partial charge in [-0.05, 0) is 32.3 Å². The Bertz CT molecular complexity index is 691. The number of nitrogens with zero attached hydrogens (tertiary/aromatic N) is 2. The zero-order valence-electron chi connectivity index (χ0n) is 12.5. The summed E-state index contributed by atoms with van der Waals surface area (Å²) in [5, 5.41) is 0. The van der Waals surface area contributed by atoms with Gasteiger partial charge in [0.25, 0.3) is 5.91 Å². The Morgan fingerprint density at radius 3 is 2.55 bits per heavy atom. The molecule has 0 radical (unpaired) electrons. The van der Waals surface area contributed by atoms with E-state index in [1.54, 1.807) is 26.0 Å². The Hall–Kier alpha value is -2.44. The molecule has 4 aliphatic rings. The molecule has 1 aliphatic carbocycles. The van der Waals surface area contributed by atoms with Gasteiger partial charge in [-0.1, -0.05) is 12.2 Å². The van der Waals surface area contributed by atoms with E-state index in [0.717, 1.165) is 5.57 Å². The first-order valence-corrected chi connectivity index (χ1v) is 7.23. The maximum absolute atomic E-state index is 12.7. The molecule has 3 amide bonds. The van der Waals surface area contributed by atoms with Crippen molar-refractivity contribution in [3.63, 3.8) is 0 Å². The predicted molar refractivity (Wildman–Crippen MR) is 79.1 cm³/mol. The highest BCUT2D eigenvalue weighted by Crippen LogP contribution is 2.46. The second-order valence-electron chi connectivity index (χ2n) is 6.05. The van der Waals surface area contributed by atoms with Crippen LogP contribution in [0.3, 0.4) is 0 Å². The highest BCUT2D eigenvalue weighted by molar-refractivity contribution is 6.43. The SMILES string of the molecule is CC1C(=O)N2C(=C3C=CC(C(N)=O)(CC3)C2C)N=C1C(N)=O. The minimum Gasteiger partial charge on any atom is -0.369 e.